The van der Waals surface area contributed by atoms with Crippen molar-refractivity contribution in [3.05, 3.63) is 34.4 Å². The zero-order valence-electron chi connectivity index (χ0n) is 11.3. The lowest BCUT2D eigenvalue weighted by Gasteiger charge is -2.31. The third-order valence-corrected chi connectivity index (χ3v) is 3.76. The highest BCUT2D eigenvalue weighted by Gasteiger charge is 2.17. The third-order valence-electron chi connectivity index (χ3n) is 3.76. The van der Waals surface area contributed by atoms with Gasteiger partial charge >= 0.3 is 0 Å². The first kappa shape index (κ1) is 12.6. The van der Waals surface area contributed by atoms with Crippen LogP contribution in [0, 0.1) is 20.8 Å². The summed E-state index contributed by atoms with van der Waals surface area (Å²) in [5.41, 5.74) is 11.7. The van der Waals surface area contributed by atoms with E-state index in [-0.39, 0.29) is 0 Å². The quantitative estimate of drug-likeness (QED) is 0.849. The van der Waals surface area contributed by atoms with Gasteiger partial charge in [-0.1, -0.05) is 17.7 Å². The Morgan fingerprint density at radius 2 is 1.88 bits per heavy atom. The van der Waals surface area contributed by atoms with Gasteiger partial charge in [0.05, 0.1) is 0 Å². The molecule has 17 heavy (non-hydrogen) atoms. The minimum Gasteiger partial charge on any atom is -0.327 e. The number of nitrogens with zero attached hydrogens (tertiary/aromatic N) is 1. The second kappa shape index (κ2) is 5.19. The molecular weight excluding hydrogens is 208 g/mol. The van der Waals surface area contributed by atoms with E-state index in [1.54, 1.807) is 0 Å². The van der Waals surface area contributed by atoms with Gasteiger partial charge < -0.3 is 5.73 Å². The molecule has 2 N–H and O–H groups in total. The van der Waals surface area contributed by atoms with Gasteiger partial charge in [-0.25, -0.2) is 0 Å². The molecule has 94 valence electrons. The van der Waals surface area contributed by atoms with Gasteiger partial charge in [-0.3, -0.25) is 4.90 Å². The van der Waals surface area contributed by atoms with Crippen molar-refractivity contribution in [1.82, 2.24) is 4.90 Å². The second-order valence-corrected chi connectivity index (χ2v) is 5.51. The van der Waals surface area contributed by atoms with Crippen molar-refractivity contribution in [1.29, 1.82) is 0 Å². The van der Waals surface area contributed by atoms with Crippen molar-refractivity contribution in [2.45, 2.75) is 46.2 Å². The van der Waals surface area contributed by atoms with Crippen LogP contribution in [0.5, 0.6) is 0 Å². The van der Waals surface area contributed by atoms with Gasteiger partial charge in [-0.2, -0.15) is 0 Å². The van der Waals surface area contributed by atoms with Crippen LogP contribution in [0.1, 0.15) is 35.1 Å². The molecule has 2 nitrogen and oxygen atoms in total. The van der Waals surface area contributed by atoms with Crippen molar-refractivity contribution < 1.29 is 0 Å². The van der Waals surface area contributed by atoms with E-state index in [0.717, 1.165) is 13.1 Å². The van der Waals surface area contributed by atoms with E-state index in [1.807, 2.05) is 0 Å². The van der Waals surface area contributed by atoms with Crippen LogP contribution in [0.15, 0.2) is 12.1 Å². The molecule has 0 amide bonds. The molecule has 1 saturated heterocycles. The molecule has 1 aromatic carbocycles. The fourth-order valence-electron chi connectivity index (χ4n) is 2.92. The predicted molar refractivity (Wildman–Crippen MR) is 73.1 cm³/mol. The number of hydrogen-bond acceptors (Lipinski definition) is 2. The Bertz CT molecular complexity index is 375. The molecule has 1 aromatic rings. The van der Waals surface area contributed by atoms with Crippen LogP contribution in [0.3, 0.4) is 0 Å². The number of hydrogen-bond donors (Lipinski definition) is 1. The van der Waals surface area contributed by atoms with Crippen molar-refractivity contribution in [2.24, 2.45) is 5.73 Å². The number of likely N-dealkylation sites (tertiary alicyclic amines) is 1. The van der Waals surface area contributed by atoms with Gasteiger partial charge in [0.2, 0.25) is 0 Å². The maximum atomic E-state index is 6.04. The number of piperidine rings is 1. The standard InChI is InChI=1S/C15H24N2/c1-11-7-12(2)15(13(3)8-11)10-17-6-4-5-14(16)9-17/h7-8,14H,4-6,9-10,16H2,1-3H3. The molecule has 0 aliphatic carbocycles. The fourth-order valence-corrected chi connectivity index (χ4v) is 2.92. The first-order valence-corrected chi connectivity index (χ1v) is 6.61. The Hall–Kier alpha value is -0.860. The summed E-state index contributed by atoms with van der Waals surface area (Å²) in [5.74, 6) is 0. The monoisotopic (exact) mass is 232 g/mol. The number of rotatable bonds is 2. The molecule has 1 fully saturated rings. The predicted octanol–water partition coefficient (Wildman–Crippen LogP) is 2.53. The minimum atomic E-state index is 0.370. The van der Waals surface area contributed by atoms with Crippen LogP contribution in [-0.4, -0.2) is 24.0 Å². The van der Waals surface area contributed by atoms with E-state index in [2.05, 4.69) is 37.8 Å². The van der Waals surface area contributed by atoms with Crippen LogP contribution in [-0.2, 0) is 6.54 Å². The average molecular weight is 232 g/mol. The fraction of sp³-hybridized carbons (Fsp3) is 0.600. The summed E-state index contributed by atoms with van der Waals surface area (Å²) < 4.78 is 0. The largest absolute Gasteiger partial charge is 0.327 e. The van der Waals surface area contributed by atoms with Crippen molar-refractivity contribution in [2.75, 3.05) is 13.1 Å². The van der Waals surface area contributed by atoms with E-state index < -0.39 is 0 Å². The second-order valence-electron chi connectivity index (χ2n) is 5.51. The molecular formula is C15H24N2. The molecule has 2 rings (SSSR count). The number of aryl methyl sites for hydroxylation is 3. The summed E-state index contributed by atoms with van der Waals surface area (Å²) in [4.78, 5) is 2.50. The summed E-state index contributed by atoms with van der Waals surface area (Å²) in [6, 6.07) is 4.94. The van der Waals surface area contributed by atoms with Crippen LogP contribution in [0.4, 0.5) is 0 Å². The highest BCUT2D eigenvalue weighted by Crippen LogP contribution is 2.20. The lowest BCUT2D eigenvalue weighted by molar-refractivity contribution is 0.201. The molecule has 1 unspecified atom stereocenters. The maximum absolute atomic E-state index is 6.04. The summed E-state index contributed by atoms with van der Waals surface area (Å²) in [6.07, 6.45) is 2.42. The SMILES string of the molecule is Cc1cc(C)c(CN2CCCC(N)C2)c(C)c1. The van der Waals surface area contributed by atoms with E-state index >= 15 is 0 Å². The molecule has 0 aromatic heterocycles. The topological polar surface area (TPSA) is 29.3 Å². The zero-order chi connectivity index (χ0) is 12.4. The number of nitrogens with two attached hydrogens (primary N) is 1. The summed E-state index contributed by atoms with van der Waals surface area (Å²) in [5, 5.41) is 0. The van der Waals surface area contributed by atoms with Gasteiger partial charge in [-0.05, 0) is 56.8 Å². The molecule has 1 heterocycles. The smallest absolute Gasteiger partial charge is 0.0239 e. The third kappa shape index (κ3) is 3.08. The molecule has 2 heteroatoms. The maximum Gasteiger partial charge on any atom is 0.0239 e. The molecule has 0 spiro atoms. The van der Waals surface area contributed by atoms with E-state index in [9.17, 15) is 0 Å². The van der Waals surface area contributed by atoms with Gasteiger partial charge in [-0.15, -0.1) is 0 Å². The minimum absolute atomic E-state index is 0.370. The molecule has 1 aliphatic rings. The zero-order valence-corrected chi connectivity index (χ0v) is 11.3. The van der Waals surface area contributed by atoms with Crippen LogP contribution in [0.2, 0.25) is 0 Å². The number of benzene rings is 1. The average Bonchev–Trinajstić information content (AvgIpc) is 2.23. The Morgan fingerprint density at radius 1 is 1.24 bits per heavy atom. The Balaban J connectivity index is 2.12. The van der Waals surface area contributed by atoms with Gasteiger partial charge in [0.1, 0.15) is 0 Å². The van der Waals surface area contributed by atoms with Crippen molar-refractivity contribution in [3.63, 3.8) is 0 Å². The summed E-state index contributed by atoms with van der Waals surface area (Å²) in [7, 11) is 0. The molecule has 1 atom stereocenters. The Kier molecular flexibility index (Phi) is 3.85. The van der Waals surface area contributed by atoms with Crippen molar-refractivity contribution >= 4 is 0 Å². The lowest BCUT2D eigenvalue weighted by Crippen LogP contribution is -2.42. The normalized spacial score (nSPS) is 21.8. The van der Waals surface area contributed by atoms with Gasteiger partial charge in [0, 0.05) is 19.1 Å². The van der Waals surface area contributed by atoms with Crippen LogP contribution in [0.25, 0.3) is 0 Å². The van der Waals surface area contributed by atoms with Gasteiger partial charge in [0.25, 0.3) is 0 Å². The van der Waals surface area contributed by atoms with Crippen LogP contribution >= 0.6 is 0 Å². The first-order chi connectivity index (χ1) is 8.06. The summed E-state index contributed by atoms with van der Waals surface area (Å²) in [6.45, 7) is 9.91. The van der Waals surface area contributed by atoms with E-state index in [1.165, 1.54) is 41.6 Å². The van der Waals surface area contributed by atoms with Gasteiger partial charge in [0.15, 0.2) is 0 Å². The van der Waals surface area contributed by atoms with E-state index in [0.29, 0.717) is 6.04 Å². The first-order valence-electron chi connectivity index (χ1n) is 6.61. The van der Waals surface area contributed by atoms with Crippen LogP contribution < -0.4 is 5.73 Å². The molecule has 1 aliphatic heterocycles. The highest BCUT2D eigenvalue weighted by molar-refractivity contribution is 5.37. The molecule has 0 bridgehead atoms. The van der Waals surface area contributed by atoms with Crippen molar-refractivity contribution in [3.8, 4) is 0 Å². The Labute approximate surface area is 105 Å². The van der Waals surface area contributed by atoms with E-state index in [4.69, 9.17) is 5.73 Å². The lowest BCUT2D eigenvalue weighted by atomic mass is 9.98. The molecule has 0 radical (unpaired) electrons. The highest BCUT2D eigenvalue weighted by atomic mass is 15.1. The summed E-state index contributed by atoms with van der Waals surface area (Å²) >= 11 is 0. The molecule has 0 saturated carbocycles. The Morgan fingerprint density at radius 3 is 2.47 bits per heavy atom.